The molecule has 0 aliphatic heterocycles. The Labute approximate surface area is 130 Å². The molecule has 0 fully saturated rings. The molecule has 0 saturated carbocycles. The van der Waals surface area contributed by atoms with Gasteiger partial charge in [-0.2, -0.15) is 10.2 Å². The van der Waals surface area contributed by atoms with Crippen LogP contribution in [0.3, 0.4) is 0 Å². The molecule has 0 unspecified atom stereocenters. The van der Waals surface area contributed by atoms with E-state index in [4.69, 9.17) is 0 Å². The minimum Gasteiger partial charge on any atom is -0.273 e. The number of aromatic nitrogens is 5. The van der Waals surface area contributed by atoms with E-state index in [2.05, 4.69) is 56.8 Å². The van der Waals surface area contributed by atoms with Crippen LogP contribution in [0.25, 0.3) is 11.4 Å². The van der Waals surface area contributed by atoms with Crippen molar-refractivity contribution in [2.75, 3.05) is 0 Å². The second-order valence-corrected chi connectivity index (χ2v) is 5.72. The van der Waals surface area contributed by atoms with Gasteiger partial charge in [0.2, 0.25) is 0 Å². The molecule has 1 aromatic carbocycles. The van der Waals surface area contributed by atoms with Crippen LogP contribution in [0.15, 0.2) is 43.0 Å². The summed E-state index contributed by atoms with van der Waals surface area (Å²) < 4.78 is 4.95. The standard InChI is InChI=1S/C14H14IN5/c1-2-19-8-11(7-17-19)9-20-10-16-14(18-20)12-3-5-13(15)6-4-12/h3-8,10H,2,9H2,1H3. The predicted octanol–water partition coefficient (Wildman–Crippen LogP) is 2.81. The van der Waals surface area contributed by atoms with Crippen LogP contribution in [0, 0.1) is 3.57 Å². The van der Waals surface area contributed by atoms with Crippen LogP contribution in [0.1, 0.15) is 12.5 Å². The van der Waals surface area contributed by atoms with Gasteiger partial charge in [-0.3, -0.25) is 4.68 Å². The topological polar surface area (TPSA) is 48.5 Å². The zero-order valence-corrected chi connectivity index (χ0v) is 13.2. The molecule has 0 bridgehead atoms. The van der Waals surface area contributed by atoms with Crippen LogP contribution in [-0.4, -0.2) is 24.5 Å². The zero-order chi connectivity index (χ0) is 13.9. The SMILES string of the molecule is CCn1cc(Cn2cnc(-c3ccc(I)cc3)n2)cn1. The van der Waals surface area contributed by atoms with E-state index in [1.54, 1.807) is 6.33 Å². The molecule has 0 atom stereocenters. The van der Waals surface area contributed by atoms with Crippen LogP contribution in [0.2, 0.25) is 0 Å². The van der Waals surface area contributed by atoms with Gasteiger partial charge >= 0.3 is 0 Å². The lowest BCUT2D eigenvalue weighted by atomic mass is 10.2. The molecule has 0 aliphatic carbocycles. The Morgan fingerprint density at radius 3 is 2.65 bits per heavy atom. The number of hydrogen-bond donors (Lipinski definition) is 0. The van der Waals surface area contributed by atoms with Crippen molar-refractivity contribution in [2.45, 2.75) is 20.0 Å². The highest BCUT2D eigenvalue weighted by Crippen LogP contribution is 2.16. The van der Waals surface area contributed by atoms with Gasteiger partial charge in [0.15, 0.2) is 5.82 Å². The lowest BCUT2D eigenvalue weighted by molar-refractivity contribution is 0.654. The first-order valence-electron chi connectivity index (χ1n) is 6.41. The van der Waals surface area contributed by atoms with Crippen molar-refractivity contribution in [3.05, 3.63) is 52.1 Å². The van der Waals surface area contributed by atoms with Gasteiger partial charge in [-0.25, -0.2) is 9.67 Å². The van der Waals surface area contributed by atoms with Gasteiger partial charge in [0, 0.05) is 27.4 Å². The Morgan fingerprint density at radius 1 is 1.15 bits per heavy atom. The molecule has 0 saturated heterocycles. The first-order chi connectivity index (χ1) is 9.74. The number of rotatable bonds is 4. The maximum absolute atomic E-state index is 4.51. The molecule has 6 heteroatoms. The van der Waals surface area contributed by atoms with Gasteiger partial charge in [-0.15, -0.1) is 0 Å². The van der Waals surface area contributed by atoms with Gasteiger partial charge in [-0.05, 0) is 41.6 Å². The van der Waals surface area contributed by atoms with Crippen LogP contribution < -0.4 is 0 Å². The van der Waals surface area contributed by atoms with E-state index < -0.39 is 0 Å². The Balaban J connectivity index is 1.78. The highest BCUT2D eigenvalue weighted by Gasteiger charge is 2.05. The van der Waals surface area contributed by atoms with Crippen LogP contribution >= 0.6 is 22.6 Å². The Hall–Kier alpha value is -1.70. The summed E-state index contributed by atoms with van der Waals surface area (Å²) in [5, 5.41) is 8.77. The quantitative estimate of drug-likeness (QED) is 0.655. The fourth-order valence-corrected chi connectivity index (χ4v) is 2.31. The number of nitrogens with zero attached hydrogens (tertiary/aromatic N) is 5. The largest absolute Gasteiger partial charge is 0.273 e. The van der Waals surface area contributed by atoms with Crippen LogP contribution in [-0.2, 0) is 13.1 Å². The third-order valence-electron chi connectivity index (χ3n) is 2.99. The van der Waals surface area contributed by atoms with Crippen LogP contribution in [0.5, 0.6) is 0 Å². The molecule has 0 amide bonds. The highest BCUT2D eigenvalue weighted by molar-refractivity contribution is 14.1. The molecule has 0 N–H and O–H groups in total. The summed E-state index contributed by atoms with van der Waals surface area (Å²) in [6, 6.07) is 8.19. The molecule has 102 valence electrons. The fraction of sp³-hybridized carbons (Fsp3) is 0.214. The van der Waals surface area contributed by atoms with Crippen molar-refractivity contribution >= 4 is 22.6 Å². The van der Waals surface area contributed by atoms with Gasteiger partial charge < -0.3 is 0 Å². The van der Waals surface area contributed by atoms with Gasteiger partial charge in [0.25, 0.3) is 0 Å². The van der Waals surface area contributed by atoms with E-state index in [0.717, 1.165) is 23.5 Å². The lowest BCUT2D eigenvalue weighted by Gasteiger charge is -1.97. The summed E-state index contributed by atoms with van der Waals surface area (Å²) in [7, 11) is 0. The summed E-state index contributed by atoms with van der Waals surface area (Å²) in [5.41, 5.74) is 2.17. The monoisotopic (exact) mass is 379 g/mol. The van der Waals surface area contributed by atoms with Gasteiger partial charge in [-0.1, -0.05) is 12.1 Å². The number of hydrogen-bond acceptors (Lipinski definition) is 3. The summed E-state index contributed by atoms with van der Waals surface area (Å²) >= 11 is 2.29. The minimum atomic E-state index is 0.692. The average Bonchev–Trinajstić information content (AvgIpc) is 3.09. The van der Waals surface area contributed by atoms with Gasteiger partial charge in [0.05, 0.1) is 12.7 Å². The fourth-order valence-electron chi connectivity index (χ4n) is 1.95. The van der Waals surface area contributed by atoms with E-state index in [-0.39, 0.29) is 0 Å². The molecule has 2 aromatic heterocycles. The molecule has 20 heavy (non-hydrogen) atoms. The van der Waals surface area contributed by atoms with Crippen molar-refractivity contribution in [2.24, 2.45) is 0 Å². The maximum Gasteiger partial charge on any atom is 0.181 e. The molecule has 0 spiro atoms. The molecular weight excluding hydrogens is 365 g/mol. The lowest BCUT2D eigenvalue weighted by Crippen LogP contribution is -1.99. The molecule has 0 aliphatic rings. The zero-order valence-electron chi connectivity index (χ0n) is 11.1. The third-order valence-corrected chi connectivity index (χ3v) is 3.71. The predicted molar refractivity (Wildman–Crippen MR) is 85.2 cm³/mol. The highest BCUT2D eigenvalue weighted by atomic mass is 127. The third kappa shape index (κ3) is 2.90. The first-order valence-corrected chi connectivity index (χ1v) is 7.49. The van der Waals surface area contributed by atoms with Crippen molar-refractivity contribution in [1.29, 1.82) is 0 Å². The van der Waals surface area contributed by atoms with Crippen LogP contribution in [0.4, 0.5) is 0 Å². The van der Waals surface area contributed by atoms with Crippen molar-refractivity contribution in [1.82, 2.24) is 24.5 Å². The molecule has 3 rings (SSSR count). The molecule has 3 aromatic rings. The average molecular weight is 379 g/mol. The van der Waals surface area contributed by atoms with Crippen molar-refractivity contribution in [3.8, 4) is 11.4 Å². The number of benzene rings is 1. The van der Waals surface area contributed by atoms with Crippen molar-refractivity contribution in [3.63, 3.8) is 0 Å². The molecular formula is C14H14IN5. The van der Waals surface area contributed by atoms with E-state index in [1.165, 1.54) is 3.57 Å². The smallest absolute Gasteiger partial charge is 0.181 e. The maximum atomic E-state index is 4.51. The van der Waals surface area contributed by atoms with E-state index >= 15 is 0 Å². The Kier molecular flexibility index (Phi) is 3.81. The van der Waals surface area contributed by atoms with E-state index in [0.29, 0.717) is 6.54 Å². The molecule has 0 radical (unpaired) electrons. The summed E-state index contributed by atoms with van der Waals surface area (Å²) in [5.74, 6) is 0.754. The van der Waals surface area contributed by atoms with Crippen molar-refractivity contribution < 1.29 is 0 Å². The molecule has 5 nitrogen and oxygen atoms in total. The Morgan fingerprint density at radius 2 is 1.95 bits per heavy atom. The Bertz CT molecular complexity index is 698. The van der Waals surface area contributed by atoms with Gasteiger partial charge in [0.1, 0.15) is 6.33 Å². The summed E-state index contributed by atoms with van der Waals surface area (Å²) in [6.45, 7) is 3.64. The normalized spacial score (nSPS) is 10.9. The molecule has 2 heterocycles. The second kappa shape index (κ2) is 5.74. The number of halogens is 1. The summed E-state index contributed by atoms with van der Waals surface area (Å²) in [4.78, 5) is 4.36. The number of aryl methyl sites for hydroxylation is 1. The first kappa shape index (κ1) is 13.3. The van der Waals surface area contributed by atoms with E-state index in [1.807, 2.05) is 33.9 Å². The van der Waals surface area contributed by atoms with E-state index in [9.17, 15) is 0 Å². The second-order valence-electron chi connectivity index (χ2n) is 4.48. The minimum absolute atomic E-state index is 0.692. The summed E-state index contributed by atoms with van der Waals surface area (Å²) in [6.07, 6.45) is 5.67.